The molecule has 0 aromatic heterocycles. The van der Waals surface area contributed by atoms with E-state index in [1.54, 1.807) is 0 Å². The number of carbonyl (C=O) groups is 1. The van der Waals surface area contributed by atoms with E-state index < -0.39 is 12.2 Å². The number of halogens is 1. The molecule has 0 heterocycles. The van der Waals surface area contributed by atoms with Gasteiger partial charge < -0.3 is 20.1 Å². The molecule has 0 spiro atoms. The Labute approximate surface area is 113 Å². The molecule has 0 saturated heterocycles. The van der Waals surface area contributed by atoms with Gasteiger partial charge in [-0.2, -0.15) is 0 Å². The molecule has 0 amide bonds. The van der Waals surface area contributed by atoms with Crippen molar-refractivity contribution >= 4 is 22.2 Å². The number of aldehydes is 1. The molecule has 0 fully saturated rings. The van der Waals surface area contributed by atoms with E-state index in [9.17, 15) is 20.1 Å². The second-order valence-corrected chi connectivity index (χ2v) is 4.55. The topological polar surface area (TPSA) is 87.0 Å². The van der Waals surface area contributed by atoms with Crippen LogP contribution >= 0.6 is 15.9 Å². The van der Waals surface area contributed by atoms with Crippen LogP contribution < -0.4 is 4.74 Å². The van der Waals surface area contributed by atoms with Gasteiger partial charge in [-0.25, -0.2) is 0 Å². The van der Waals surface area contributed by atoms with Crippen LogP contribution in [0.15, 0.2) is 12.1 Å². The highest BCUT2D eigenvalue weighted by Gasteiger charge is 2.22. The van der Waals surface area contributed by atoms with Crippen molar-refractivity contribution in [3.8, 4) is 11.5 Å². The highest BCUT2D eigenvalue weighted by Crippen LogP contribution is 2.33. The zero-order valence-electron chi connectivity index (χ0n) is 9.84. The first kappa shape index (κ1) is 14.9. The summed E-state index contributed by atoms with van der Waals surface area (Å²) in [6.07, 6.45) is -1.36. The first-order chi connectivity index (χ1) is 8.54. The number of aromatic hydroxyl groups is 1. The normalized spacial score (nSPS) is 14.0. The second-order valence-electron chi connectivity index (χ2n) is 3.76. The molecule has 100 valence electrons. The molecule has 2 unspecified atom stereocenters. The van der Waals surface area contributed by atoms with Crippen LogP contribution in [0.1, 0.15) is 28.4 Å². The number of hydrogen-bond donors (Lipinski definition) is 3. The van der Waals surface area contributed by atoms with E-state index in [0.717, 1.165) is 0 Å². The lowest BCUT2D eigenvalue weighted by Crippen LogP contribution is -2.20. The Balaban J connectivity index is 3.16. The standard InChI is InChI=1S/C12H15BrO5/c1-18-11-5-8(7(6-14)4-10(11)16)12(17)9(15)2-3-13/h4-6,9,12,15-17H,2-3H2,1H3. The van der Waals surface area contributed by atoms with Gasteiger partial charge in [-0.15, -0.1) is 0 Å². The number of alkyl halides is 1. The maximum absolute atomic E-state index is 10.9. The summed E-state index contributed by atoms with van der Waals surface area (Å²) >= 11 is 3.16. The van der Waals surface area contributed by atoms with Crippen LogP contribution in [0.5, 0.6) is 11.5 Å². The van der Waals surface area contributed by atoms with Gasteiger partial charge in [0, 0.05) is 10.9 Å². The van der Waals surface area contributed by atoms with E-state index in [4.69, 9.17) is 4.74 Å². The van der Waals surface area contributed by atoms with Crippen molar-refractivity contribution in [3.05, 3.63) is 23.3 Å². The summed E-state index contributed by atoms with van der Waals surface area (Å²) in [5, 5.41) is 29.8. The Bertz CT molecular complexity index is 421. The van der Waals surface area contributed by atoms with E-state index in [0.29, 0.717) is 18.0 Å². The summed E-state index contributed by atoms with van der Waals surface area (Å²) < 4.78 is 4.91. The minimum Gasteiger partial charge on any atom is -0.504 e. The van der Waals surface area contributed by atoms with Crippen LogP contribution in [0, 0.1) is 0 Å². The van der Waals surface area contributed by atoms with E-state index in [1.807, 2.05) is 0 Å². The van der Waals surface area contributed by atoms with Gasteiger partial charge >= 0.3 is 0 Å². The SMILES string of the molecule is COc1cc(C(O)C(O)CCBr)c(C=O)cc1O. The first-order valence-electron chi connectivity index (χ1n) is 5.33. The largest absolute Gasteiger partial charge is 0.504 e. The van der Waals surface area contributed by atoms with E-state index in [1.165, 1.54) is 19.2 Å². The van der Waals surface area contributed by atoms with Gasteiger partial charge in [-0.05, 0) is 24.1 Å². The molecule has 5 nitrogen and oxygen atoms in total. The number of phenolic OH excluding ortho intramolecular Hbond substituents is 1. The third-order valence-electron chi connectivity index (χ3n) is 2.60. The molecule has 0 aliphatic carbocycles. The molecule has 0 radical (unpaired) electrons. The summed E-state index contributed by atoms with van der Waals surface area (Å²) in [5.41, 5.74) is 0.350. The highest BCUT2D eigenvalue weighted by molar-refractivity contribution is 9.09. The third kappa shape index (κ3) is 3.22. The predicted molar refractivity (Wildman–Crippen MR) is 69.4 cm³/mol. The van der Waals surface area contributed by atoms with Gasteiger partial charge in [0.1, 0.15) is 6.10 Å². The summed E-state index contributed by atoms with van der Waals surface area (Å²) in [4.78, 5) is 10.9. The van der Waals surface area contributed by atoms with Crippen LogP contribution in [0.2, 0.25) is 0 Å². The van der Waals surface area contributed by atoms with E-state index >= 15 is 0 Å². The van der Waals surface area contributed by atoms with Crippen molar-refractivity contribution in [3.63, 3.8) is 0 Å². The molecule has 1 aromatic rings. The first-order valence-corrected chi connectivity index (χ1v) is 6.45. The molecule has 18 heavy (non-hydrogen) atoms. The maximum Gasteiger partial charge on any atom is 0.160 e. The van der Waals surface area contributed by atoms with Crippen LogP contribution in [-0.2, 0) is 0 Å². The third-order valence-corrected chi connectivity index (χ3v) is 3.06. The molecule has 0 bridgehead atoms. The Hall–Kier alpha value is -1.11. The smallest absolute Gasteiger partial charge is 0.160 e. The number of rotatable bonds is 6. The fraction of sp³-hybridized carbons (Fsp3) is 0.417. The molecule has 1 aromatic carbocycles. The summed E-state index contributed by atoms with van der Waals surface area (Å²) in [5.74, 6) is -0.0498. The van der Waals surface area contributed by atoms with E-state index in [-0.39, 0.29) is 22.6 Å². The number of ether oxygens (including phenoxy) is 1. The van der Waals surface area contributed by atoms with Crippen LogP contribution in [0.25, 0.3) is 0 Å². The Morgan fingerprint density at radius 2 is 2.11 bits per heavy atom. The van der Waals surface area contributed by atoms with Crippen LogP contribution in [0.3, 0.4) is 0 Å². The average Bonchev–Trinajstić information content (AvgIpc) is 2.37. The number of phenols is 1. The number of aliphatic hydroxyl groups excluding tert-OH is 2. The zero-order chi connectivity index (χ0) is 13.7. The Morgan fingerprint density at radius 3 is 2.61 bits per heavy atom. The monoisotopic (exact) mass is 318 g/mol. The maximum atomic E-state index is 10.9. The highest BCUT2D eigenvalue weighted by atomic mass is 79.9. The molecular formula is C12H15BrO5. The van der Waals surface area contributed by atoms with Crippen molar-refractivity contribution in [2.75, 3.05) is 12.4 Å². The molecule has 0 aliphatic heterocycles. The minimum atomic E-state index is -1.21. The number of aliphatic hydroxyl groups is 2. The van der Waals surface area contributed by atoms with Gasteiger partial charge in [0.2, 0.25) is 0 Å². The minimum absolute atomic E-state index is 0.120. The van der Waals surface area contributed by atoms with Crippen molar-refractivity contribution in [2.45, 2.75) is 18.6 Å². The lowest BCUT2D eigenvalue weighted by Gasteiger charge is -2.19. The van der Waals surface area contributed by atoms with Gasteiger partial charge in [0.15, 0.2) is 17.8 Å². The predicted octanol–water partition coefficient (Wildman–Crippen LogP) is 1.39. The number of benzene rings is 1. The molecule has 0 aliphatic rings. The average molecular weight is 319 g/mol. The van der Waals surface area contributed by atoms with Gasteiger partial charge in [-0.3, -0.25) is 4.79 Å². The Kier molecular flexibility index (Phi) is 5.58. The molecule has 3 N–H and O–H groups in total. The zero-order valence-corrected chi connectivity index (χ0v) is 11.4. The number of carbonyl (C=O) groups excluding carboxylic acids is 1. The number of hydrogen-bond acceptors (Lipinski definition) is 5. The molecule has 1 rings (SSSR count). The second kappa shape index (κ2) is 6.72. The Morgan fingerprint density at radius 1 is 1.44 bits per heavy atom. The quantitative estimate of drug-likeness (QED) is 0.545. The van der Waals surface area contributed by atoms with Gasteiger partial charge in [-0.1, -0.05) is 15.9 Å². The van der Waals surface area contributed by atoms with Gasteiger partial charge in [0.05, 0.1) is 13.2 Å². The summed E-state index contributed by atoms with van der Waals surface area (Å²) in [6.45, 7) is 0. The molecular weight excluding hydrogens is 304 g/mol. The molecule has 2 atom stereocenters. The molecule has 0 saturated carbocycles. The number of methoxy groups -OCH3 is 1. The fourth-order valence-electron chi connectivity index (χ4n) is 1.60. The van der Waals surface area contributed by atoms with Crippen molar-refractivity contribution in [1.82, 2.24) is 0 Å². The fourth-order valence-corrected chi connectivity index (χ4v) is 2.07. The lowest BCUT2D eigenvalue weighted by molar-refractivity contribution is 0.0169. The van der Waals surface area contributed by atoms with Crippen LogP contribution in [-0.4, -0.2) is 40.1 Å². The lowest BCUT2D eigenvalue weighted by atomic mass is 9.97. The van der Waals surface area contributed by atoms with Crippen LogP contribution in [0.4, 0.5) is 0 Å². The van der Waals surface area contributed by atoms with Crippen molar-refractivity contribution < 1.29 is 24.9 Å². The van der Waals surface area contributed by atoms with Crippen molar-refractivity contribution in [2.24, 2.45) is 0 Å². The van der Waals surface area contributed by atoms with E-state index in [2.05, 4.69) is 15.9 Å². The van der Waals surface area contributed by atoms with Gasteiger partial charge in [0.25, 0.3) is 0 Å². The molecule has 6 heteroatoms. The summed E-state index contributed by atoms with van der Waals surface area (Å²) in [6, 6.07) is 2.55. The summed E-state index contributed by atoms with van der Waals surface area (Å²) in [7, 11) is 1.36. The van der Waals surface area contributed by atoms with Crippen molar-refractivity contribution in [1.29, 1.82) is 0 Å².